The topological polar surface area (TPSA) is 0 Å². The van der Waals surface area contributed by atoms with Crippen molar-refractivity contribution >= 4 is 27.5 Å². The van der Waals surface area contributed by atoms with E-state index in [0.717, 1.165) is 25.7 Å². The quantitative estimate of drug-likeness (QED) is 0.182. The van der Waals surface area contributed by atoms with Crippen molar-refractivity contribution in [3.8, 4) is 22.3 Å². The lowest BCUT2D eigenvalue weighted by molar-refractivity contribution is 0.713. The van der Waals surface area contributed by atoms with Crippen LogP contribution in [0.1, 0.15) is 57.5 Å². The molecule has 0 radical (unpaired) electrons. The SMILES string of the molecule is CC=Cc1c(C)sc2c3c(ccc12)CCc1cc(C(CCc2ccc(-c4ccccc4)cc2)c2ccccc2)ccc1-3. The Labute approximate surface area is 254 Å². The molecule has 1 atom stereocenters. The van der Waals surface area contributed by atoms with Crippen molar-refractivity contribution in [1.82, 2.24) is 0 Å². The van der Waals surface area contributed by atoms with Gasteiger partial charge in [0, 0.05) is 26.4 Å². The summed E-state index contributed by atoms with van der Waals surface area (Å²) >= 11 is 1.96. The second-order valence-corrected chi connectivity index (χ2v) is 12.8. The molecule has 7 rings (SSSR count). The Bertz CT molecular complexity index is 1870. The fraction of sp³-hybridized carbons (Fsp3) is 0.171. The van der Waals surface area contributed by atoms with Crippen LogP contribution in [0.2, 0.25) is 0 Å². The fourth-order valence-electron chi connectivity index (χ4n) is 6.78. The van der Waals surface area contributed by atoms with Gasteiger partial charge in [0.1, 0.15) is 0 Å². The number of aryl methyl sites for hydroxylation is 4. The molecule has 1 aromatic heterocycles. The summed E-state index contributed by atoms with van der Waals surface area (Å²) in [5, 5.41) is 1.40. The predicted octanol–water partition coefficient (Wildman–Crippen LogP) is 11.4. The zero-order valence-corrected chi connectivity index (χ0v) is 25.3. The van der Waals surface area contributed by atoms with Gasteiger partial charge in [-0.1, -0.05) is 127 Å². The van der Waals surface area contributed by atoms with E-state index < -0.39 is 0 Å². The molecule has 0 N–H and O–H groups in total. The van der Waals surface area contributed by atoms with Crippen molar-refractivity contribution in [3.05, 3.63) is 160 Å². The van der Waals surface area contributed by atoms with Crippen LogP contribution in [0.3, 0.4) is 0 Å². The third kappa shape index (κ3) is 5.03. The molecule has 1 aliphatic rings. The van der Waals surface area contributed by atoms with Crippen LogP contribution < -0.4 is 0 Å². The minimum atomic E-state index is 0.368. The smallest absolute Gasteiger partial charge is 0.0433 e. The molecule has 206 valence electrons. The summed E-state index contributed by atoms with van der Waals surface area (Å²) in [5.41, 5.74) is 14.1. The molecule has 0 amide bonds. The van der Waals surface area contributed by atoms with Crippen LogP contribution >= 0.6 is 11.3 Å². The summed E-state index contributed by atoms with van der Waals surface area (Å²) in [7, 11) is 0. The fourth-order valence-corrected chi connectivity index (χ4v) is 8.01. The lowest BCUT2D eigenvalue weighted by Gasteiger charge is -2.24. The maximum absolute atomic E-state index is 2.53. The van der Waals surface area contributed by atoms with Gasteiger partial charge >= 0.3 is 0 Å². The molecule has 5 aromatic carbocycles. The molecule has 6 aromatic rings. The molecule has 0 nitrogen and oxygen atoms in total. The zero-order valence-electron chi connectivity index (χ0n) is 24.4. The number of hydrogen-bond acceptors (Lipinski definition) is 1. The van der Waals surface area contributed by atoms with E-state index in [-0.39, 0.29) is 0 Å². The average molecular weight is 561 g/mol. The van der Waals surface area contributed by atoms with Gasteiger partial charge in [-0.25, -0.2) is 0 Å². The molecule has 0 fully saturated rings. The van der Waals surface area contributed by atoms with E-state index >= 15 is 0 Å². The molecule has 0 bridgehead atoms. The van der Waals surface area contributed by atoms with Crippen molar-refractivity contribution in [1.29, 1.82) is 0 Å². The number of fused-ring (bicyclic) bond motifs is 5. The van der Waals surface area contributed by atoms with Crippen LogP contribution in [0, 0.1) is 6.92 Å². The molecule has 1 heteroatoms. The predicted molar refractivity (Wildman–Crippen MR) is 183 cm³/mol. The Morgan fingerprint density at radius 2 is 1.43 bits per heavy atom. The molecule has 0 saturated carbocycles. The van der Waals surface area contributed by atoms with Gasteiger partial charge in [-0.3, -0.25) is 0 Å². The third-order valence-corrected chi connectivity index (χ3v) is 10.1. The monoisotopic (exact) mass is 560 g/mol. The summed E-state index contributed by atoms with van der Waals surface area (Å²) in [4.78, 5) is 1.40. The van der Waals surface area contributed by atoms with Gasteiger partial charge in [0.25, 0.3) is 0 Å². The Hall–Kier alpha value is -4.20. The minimum Gasteiger partial charge on any atom is -0.139 e. The molecule has 0 spiro atoms. The standard InChI is InChI=1S/C41H36S/c1-3-10-36-28(2)42-41-39(36)26-22-33-20-21-35-27-34(23-25-38(35)40(33)41)37(32-13-8-5-9-14-32)24-17-29-15-18-31(19-16-29)30-11-6-4-7-12-30/h3-16,18-19,22-23,25-27,37H,17,20-21,24H2,1-2H3. The third-order valence-electron chi connectivity index (χ3n) is 8.95. The van der Waals surface area contributed by atoms with Crippen molar-refractivity contribution < 1.29 is 0 Å². The molecule has 0 aliphatic heterocycles. The maximum Gasteiger partial charge on any atom is 0.0433 e. The lowest BCUT2D eigenvalue weighted by atomic mass is 9.80. The highest BCUT2D eigenvalue weighted by atomic mass is 32.1. The average Bonchev–Trinajstić information content (AvgIpc) is 3.37. The van der Waals surface area contributed by atoms with Crippen LogP contribution in [0.15, 0.2) is 121 Å². The van der Waals surface area contributed by atoms with E-state index in [9.17, 15) is 0 Å². The molecule has 0 saturated heterocycles. The molecule has 42 heavy (non-hydrogen) atoms. The number of thiophene rings is 1. The molecule has 1 unspecified atom stereocenters. The Morgan fingerprint density at radius 1 is 0.714 bits per heavy atom. The highest BCUT2D eigenvalue weighted by Crippen LogP contribution is 2.45. The first-order chi connectivity index (χ1) is 20.7. The maximum atomic E-state index is 2.53. The van der Waals surface area contributed by atoms with Crippen LogP contribution in [-0.2, 0) is 19.3 Å². The van der Waals surface area contributed by atoms with E-state index in [0.29, 0.717) is 5.92 Å². The van der Waals surface area contributed by atoms with Gasteiger partial charge in [0.15, 0.2) is 0 Å². The van der Waals surface area contributed by atoms with Crippen molar-refractivity contribution in [2.24, 2.45) is 0 Å². The summed E-state index contributed by atoms with van der Waals surface area (Å²) in [6.07, 6.45) is 8.79. The Kier molecular flexibility index (Phi) is 7.36. The van der Waals surface area contributed by atoms with E-state index in [2.05, 4.69) is 141 Å². The van der Waals surface area contributed by atoms with E-state index in [4.69, 9.17) is 0 Å². The molecular weight excluding hydrogens is 525 g/mol. The Morgan fingerprint density at radius 3 is 2.19 bits per heavy atom. The van der Waals surface area contributed by atoms with Gasteiger partial charge in [-0.05, 0) is 89.6 Å². The number of allylic oxidation sites excluding steroid dienone is 1. The summed E-state index contributed by atoms with van der Waals surface area (Å²) in [6.45, 7) is 4.37. The van der Waals surface area contributed by atoms with Crippen LogP contribution in [0.5, 0.6) is 0 Å². The van der Waals surface area contributed by atoms with E-state index in [1.165, 1.54) is 70.6 Å². The number of rotatable bonds is 7. The highest BCUT2D eigenvalue weighted by molar-refractivity contribution is 7.20. The van der Waals surface area contributed by atoms with Crippen LogP contribution in [0.4, 0.5) is 0 Å². The summed E-state index contributed by atoms with van der Waals surface area (Å²) < 4.78 is 1.45. The van der Waals surface area contributed by atoms with Gasteiger partial charge < -0.3 is 0 Å². The van der Waals surface area contributed by atoms with Gasteiger partial charge in [0.05, 0.1) is 0 Å². The van der Waals surface area contributed by atoms with Crippen LogP contribution in [-0.4, -0.2) is 0 Å². The number of hydrogen-bond donors (Lipinski definition) is 0. The van der Waals surface area contributed by atoms with E-state index in [1.807, 2.05) is 11.3 Å². The first-order valence-electron chi connectivity index (χ1n) is 15.2. The molecule has 1 heterocycles. The largest absolute Gasteiger partial charge is 0.139 e. The second kappa shape index (κ2) is 11.6. The molecular formula is C41H36S. The summed E-state index contributed by atoms with van der Waals surface area (Å²) in [5.74, 6) is 0.368. The van der Waals surface area contributed by atoms with Crippen LogP contribution in [0.25, 0.3) is 38.4 Å². The van der Waals surface area contributed by atoms with Gasteiger partial charge in [0.2, 0.25) is 0 Å². The number of benzene rings is 5. The van der Waals surface area contributed by atoms with Crippen molar-refractivity contribution in [2.75, 3.05) is 0 Å². The van der Waals surface area contributed by atoms with Gasteiger partial charge in [-0.15, -0.1) is 11.3 Å². The van der Waals surface area contributed by atoms with Crippen molar-refractivity contribution in [2.45, 2.75) is 45.4 Å². The van der Waals surface area contributed by atoms with E-state index in [1.54, 1.807) is 0 Å². The lowest BCUT2D eigenvalue weighted by Crippen LogP contribution is -2.08. The van der Waals surface area contributed by atoms with Gasteiger partial charge in [-0.2, -0.15) is 0 Å². The second-order valence-electron chi connectivity index (χ2n) is 11.5. The molecule has 1 aliphatic carbocycles. The first-order valence-corrected chi connectivity index (χ1v) is 16.0. The highest BCUT2D eigenvalue weighted by Gasteiger charge is 2.23. The first kappa shape index (κ1) is 26.7. The minimum absolute atomic E-state index is 0.368. The summed E-state index contributed by atoms with van der Waals surface area (Å²) in [6, 6.07) is 43.0. The normalized spacial score (nSPS) is 13.3. The Balaban J connectivity index is 1.21. The van der Waals surface area contributed by atoms with Crippen molar-refractivity contribution in [3.63, 3.8) is 0 Å². The zero-order chi connectivity index (χ0) is 28.5.